The fourth-order valence-electron chi connectivity index (χ4n) is 2.87. The van der Waals surface area contributed by atoms with Crippen LogP contribution in [0.25, 0.3) is 0 Å². The van der Waals surface area contributed by atoms with Crippen molar-refractivity contribution in [2.45, 2.75) is 44.3 Å². The van der Waals surface area contributed by atoms with Crippen LogP contribution < -0.4 is 15.4 Å². The van der Waals surface area contributed by atoms with Crippen LogP contribution in [0.15, 0.2) is 24.1 Å². The highest BCUT2D eigenvalue weighted by Crippen LogP contribution is 2.29. The number of ether oxygens (including phenoxy) is 1. The lowest BCUT2D eigenvalue weighted by atomic mass is 9.81. The van der Waals surface area contributed by atoms with Gasteiger partial charge in [-0.05, 0) is 30.4 Å². The lowest BCUT2D eigenvalue weighted by molar-refractivity contribution is -0.118. The van der Waals surface area contributed by atoms with E-state index >= 15 is 0 Å². The second-order valence-electron chi connectivity index (χ2n) is 5.71. The van der Waals surface area contributed by atoms with Crippen LogP contribution >= 0.6 is 11.3 Å². The summed E-state index contributed by atoms with van der Waals surface area (Å²) < 4.78 is 29.0. The molecular formula is C16H20F2N2O3S. The van der Waals surface area contributed by atoms with E-state index in [1.165, 1.54) is 17.5 Å². The molecule has 1 aromatic rings. The maximum Gasteiger partial charge on any atom is 0.387 e. The molecule has 1 fully saturated rings. The minimum atomic E-state index is -2.98. The molecule has 1 aliphatic rings. The van der Waals surface area contributed by atoms with Crippen molar-refractivity contribution >= 4 is 23.2 Å². The third-order valence-corrected chi connectivity index (χ3v) is 4.92. The molecule has 0 unspecified atom stereocenters. The van der Waals surface area contributed by atoms with E-state index in [1.807, 2.05) is 0 Å². The summed E-state index contributed by atoms with van der Waals surface area (Å²) >= 11 is 1.03. The Morgan fingerprint density at radius 2 is 2.08 bits per heavy atom. The lowest BCUT2D eigenvalue weighted by Gasteiger charge is -2.38. The first-order valence-electron chi connectivity index (χ1n) is 7.71. The molecule has 0 radical (unpaired) electrons. The Balaban J connectivity index is 2.03. The molecule has 0 aromatic carbocycles. The maximum atomic E-state index is 12.4. The van der Waals surface area contributed by atoms with Crippen LogP contribution in [0.1, 0.15) is 41.8 Å². The highest BCUT2D eigenvalue weighted by molar-refractivity contribution is 7.12. The van der Waals surface area contributed by atoms with Crippen LogP contribution in [0, 0.1) is 0 Å². The second kappa shape index (κ2) is 8.23. The normalized spacial score (nSPS) is 16.5. The zero-order valence-corrected chi connectivity index (χ0v) is 14.0. The number of nitrogens with one attached hydrogen (secondary N) is 2. The number of rotatable bonds is 7. The Kier molecular flexibility index (Phi) is 6.30. The van der Waals surface area contributed by atoms with E-state index < -0.39 is 18.1 Å². The minimum Gasteiger partial charge on any atom is -0.433 e. The van der Waals surface area contributed by atoms with E-state index in [-0.39, 0.29) is 23.1 Å². The molecule has 1 aliphatic carbocycles. The van der Waals surface area contributed by atoms with Gasteiger partial charge in [0.2, 0.25) is 5.91 Å². The Hall–Kier alpha value is -1.96. The number of carbonyl (C=O) groups excluding carboxylic acids is 2. The van der Waals surface area contributed by atoms with Gasteiger partial charge >= 0.3 is 6.61 Å². The van der Waals surface area contributed by atoms with Gasteiger partial charge in [0.05, 0.1) is 5.54 Å². The molecule has 2 amide bonds. The average molecular weight is 358 g/mol. The predicted octanol–water partition coefficient (Wildman–Crippen LogP) is 3.08. The Morgan fingerprint density at radius 1 is 1.38 bits per heavy atom. The first-order chi connectivity index (χ1) is 11.5. The summed E-state index contributed by atoms with van der Waals surface area (Å²) in [6.45, 7) is 0.697. The van der Waals surface area contributed by atoms with Gasteiger partial charge in [0.15, 0.2) is 0 Å². The quantitative estimate of drug-likeness (QED) is 0.736. The summed E-state index contributed by atoms with van der Waals surface area (Å²) in [4.78, 5) is 24.1. The summed E-state index contributed by atoms with van der Waals surface area (Å²) in [5.74, 6) is -0.914. The van der Waals surface area contributed by atoms with Crippen molar-refractivity contribution in [3.63, 3.8) is 0 Å². The van der Waals surface area contributed by atoms with Gasteiger partial charge in [-0.25, -0.2) is 0 Å². The maximum absolute atomic E-state index is 12.4. The third-order valence-electron chi connectivity index (χ3n) is 4.02. The molecule has 2 N–H and O–H groups in total. The van der Waals surface area contributed by atoms with E-state index in [0.717, 1.165) is 43.4 Å². The van der Waals surface area contributed by atoms with Crippen molar-refractivity contribution in [1.82, 2.24) is 10.6 Å². The van der Waals surface area contributed by atoms with Gasteiger partial charge in [0, 0.05) is 6.54 Å². The Bertz CT molecular complexity index is 598. The molecule has 1 heterocycles. The Morgan fingerprint density at radius 3 is 2.71 bits per heavy atom. The fourth-order valence-corrected chi connectivity index (χ4v) is 3.61. The molecule has 0 atom stereocenters. The number of hydrogen-bond acceptors (Lipinski definition) is 4. The number of carbonyl (C=O) groups is 2. The monoisotopic (exact) mass is 358 g/mol. The zero-order valence-electron chi connectivity index (χ0n) is 13.1. The first kappa shape index (κ1) is 18.4. The van der Waals surface area contributed by atoms with E-state index in [4.69, 9.17) is 0 Å². The van der Waals surface area contributed by atoms with Gasteiger partial charge in [-0.3, -0.25) is 9.59 Å². The van der Waals surface area contributed by atoms with Gasteiger partial charge in [-0.2, -0.15) is 8.78 Å². The largest absolute Gasteiger partial charge is 0.433 e. The standard InChI is InChI=1S/C16H20F2N2O3S/c1-2-12(21)20-16(7-4-3-5-8-16)10-19-14(22)13-11(6-9-24-13)23-15(17)18/h2,6,9,15H,1,3-5,7-8,10H2,(H,19,22)(H,20,21). The average Bonchev–Trinajstić information content (AvgIpc) is 3.01. The molecule has 0 spiro atoms. The number of alkyl halides is 2. The van der Waals surface area contributed by atoms with Crippen molar-refractivity contribution < 1.29 is 23.1 Å². The van der Waals surface area contributed by atoms with Crippen LogP contribution in [0.4, 0.5) is 8.78 Å². The van der Waals surface area contributed by atoms with Gasteiger partial charge in [-0.1, -0.05) is 25.8 Å². The molecule has 24 heavy (non-hydrogen) atoms. The molecule has 5 nitrogen and oxygen atoms in total. The van der Waals surface area contributed by atoms with E-state index in [1.54, 1.807) is 0 Å². The second-order valence-corrected chi connectivity index (χ2v) is 6.63. The molecule has 132 valence electrons. The highest BCUT2D eigenvalue weighted by atomic mass is 32.1. The van der Waals surface area contributed by atoms with Crippen LogP contribution in [0.3, 0.4) is 0 Å². The molecule has 0 saturated heterocycles. The van der Waals surface area contributed by atoms with Crippen molar-refractivity contribution in [2.24, 2.45) is 0 Å². The van der Waals surface area contributed by atoms with Crippen molar-refractivity contribution in [3.05, 3.63) is 29.0 Å². The van der Waals surface area contributed by atoms with E-state index in [2.05, 4.69) is 21.9 Å². The molecule has 1 saturated carbocycles. The summed E-state index contributed by atoms with van der Waals surface area (Å²) in [6, 6.07) is 1.33. The lowest BCUT2D eigenvalue weighted by Crippen LogP contribution is -2.56. The number of thiophene rings is 1. The van der Waals surface area contributed by atoms with Crippen molar-refractivity contribution in [2.75, 3.05) is 6.54 Å². The highest BCUT2D eigenvalue weighted by Gasteiger charge is 2.34. The van der Waals surface area contributed by atoms with Gasteiger partial charge in [0.25, 0.3) is 5.91 Å². The van der Waals surface area contributed by atoms with Gasteiger partial charge in [-0.15, -0.1) is 11.3 Å². The topological polar surface area (TPSA) is 67.4 Å². The molecule has 2 rings (SSSR count). The number of hydrogen-bond donors (Lipinski definition) is 2. The molecule has 8 heteroatoms. The van der Waals surface area contributed by atoms with Crippen molar-refractivity contribution in [1.29, 1.82) is 0 Å². The smallest absolute Gasteiger partial charge is 0.387 e. The van der Waals surface area contributed by atoms with Crippen LogP contribution in [0.5, 0.6) is 5.75 Å². The summed E-state index contributed by atoms with van der Waals surface area (Å²) in [5, 5.41) is 7.16. The van der Waals surface area contributed by atoms with E-state index in [0.29, 0.717) is 0 Å². The van der Waals surface area contributed by atoms with Gasteiger partial charge < -0.3 is 15.4 Å². The SMILES string of the molecule is C=CC(=O)NC1(CNC(=O)c2sccc2OC(F)F)CCCCC1. The van der Waals surface area contributed by atoms with Crippen LogP contribution in [-0.4, -0.2) is 30.5 Å². The fraction of sp³-hybridized carbons (Fsp3) is 0.500. The third kappa shape index (κ3) is 4.77. The summed E-state index contributed by atoms with van der Waals surface area (Å²) in [6.07, 6.45) is 5.68. The molecular weight excluding hydrogens is 338 g/mol. The number of halogens is 2. The van der Waals surface area contributed by atoms with Crippen LogP contribution in [-0.2, 0) is 4.79 Å². The Labute approximate surface area is 143 Å². The summed E-state index contributed by atoms with van der Waals surface area (Å²) in [5.41, 5.74) is -0.528. The molecule has 0 bridgehead atoms. The summed E-state index contributed by atoms with van der Waals surface area (Å²) in [7, 11) is 0. The van der Waals surface area contributed by atoms with Gasteiger partial charge in [0.1, 0.15) is 10.6 Å². The predicted molar refractivity (Wildman–Crippen MR) is 87.4 cm³/mol. The minimum absolute atomic E-state index is 0.0938. The number of amides is 2. The first-order valence-corrected chi connectivity index (χ1v) is 8.59. The van der Waals surface area contributed by atoms with Crippen molar-refractivity contribution in [3.8, 4) is 5.75 Å². The molecule has 1 aromatic heterocycles. The van der Waals surface area contributed by atoms with Crippen LogP contribution in [0.2, 0.25) is 0 Å². The van der Waals surface area contributed by atoms with E-state index in [9.17, 15) is 18.4 Å². The zero-order chi connectivity index (χ0) is 17.6. The molecule has 0 aliphatic heterocycles.